The molecule has 174 valence electrons. The molecule has 0 unspecified atom stereocenters. The Bertz CT molecular complexity index is 623. The van der Waals surface area contributed by atoms with Crippen LogP contribution in [-0.2, 0) is 23.9 Å². The normalized spacial score (nSPS) is 14.0. The predicted molar refractivity (Wildman–Crippen MR) is 114 cm³/mol. The average molecular weight is 430 g/mol. The van der Waals surface area contributed by atoms with Crippen molar-refractivity contribution >= 4 is 23.9 Å². The number of carbonyl (C=O) groups is 4. The second-order valence-corrected chi connectivity index (χ2v) is 9.66. The Kier molecular flexibility index (Phi) is 10.3. The molecule has 9 nitrogen and oxygen atoms in total. The predicted octanol–water partition coefficient (Wildman–Crippen LogP) is 2.13. The third-order valence-electron chi connectivity index (χ3n) is 4.13. The van der Waals surface area contributed by atoms with Gasteiger partial charge in [-0.05, 0) is 52.9 Å². The van der Waals surface area contributed by atoms with Crippen molar-refractivity contribution in [2.75, 3.05) is 7.11 Å². The summed E-state index contributed by atoms with van der Waals surface area (Å²) in [5.74, 6) is -1.72. The topological polar surface area (TPSA) is 123 Å². The molecule has 0 aliphatic rings. The molecular weight excluding hydrogens is 390 g/mol. The largest absolute Gasteiger partial charge is 0.467 e. The number of alkyl carbamates (subject to hydrolysis) is 1. The van der Waals surface area contributed by atoms with Crippen molar-refractivity contribution in [1.29, 1.82) is 0 Å². The molecule has 0 aromatic heterocycles. The first-order chi connectivity index (χ1) is 13.5. The van der Waals surface area contributed by atoms with Crippen LogP contribution >= 0.6 is 0 Å². The van der Waals surface area contributed by atoms with E-state index in [4.69, 9.17) is 9.47 Å². The summed E-state index contributed by atoms with van der Waals surface area (Å²) in [7, 11) is 1.25. The van der Waals surface area contributed by atoms with Crippen molar-refractivity contribution in [2.24, 2.45) is 11.8 Å². The number of carbonyl (C=O) groups excluding carboxylic acids is 4. The van der Waals surface area contributed by atoms with Gasteiger partial charge in [-0.25, -0.2) is 9.59 Å². The lowest BCUT2D eigenvalue weighted by Crippen LogP contribution is -2.61. The van der Waals surface area contributed by atoms with Crippen LogP contribution in [0.25, 0.3) is 0 Å². The minimum atomic E-state index is -1.33. The van der Waals surface area contributed by atoms with Crippen LogP contribution in [0.3, 0.4) is 0 Å². The molecule has 0 fully saturated rings. The molecule has 2 atom stereocenters. The number of amides is 3. The lowest BCUT2D eigenvalue weighted by molar-refractivity contribution is -0.147. The second-order valence-electron chi connectivity index (χ2n) is 9.66. The van der Waals surface area contributed by atoms with Gasteiger partial charge in [0, 0.05) is 0 Å². The van der Waals surface area contributed by atoms with Gasteiger partial charge in [0.2, 0.25) is 11.8 Å². The second kappa shape index (κ2) is 11.2. The average Bonchev–Trinajstić information content (AvgIpc) is 2.55. The van der Waals surface area contributed by atoms with Gasteiger partial charge < -0.3 is 25.4 Å². The first kappa shape index (κ1) is 27.7. The molecule has 3 amide bonds. The molecule has 0 aliphatic carbocycles. The van der Waals surface area contributed by atoms with Gasteiger partial charge in [0.15, 0.2) is 0 Å². The van der Waals surface area contributed by atoms with Crippen molar-refractivity contribution in [3.05, 3.63) is 0 Å². The maximum absolute atomic E-state index is 12.9. The maximum atomic E-state index is 12.9. The molecule has 0 spiro atoms. The molecule has 0 saturated heterocycles. The summed E-state index contributed by atoms with van der Waals surface area (Å²) in [4.78, 5) is 49.7. The van der Waals surface area contributed by atoms with E-state index in [1.54, 1.807) is 34.6 Å². The van der Waals surface area contributed by atoms with Gasteiger partial charge in [-0.15, -0.1) is 0 Å². The number of ether oxygens (including phenoxy) is 2. The highest BCUT2D eigenvalue weighted by Crippen LogP contribution is 2.12. The lowest BCUT2D eigenvalue weighted by atomic mass is 9.98. The van der Waals surface area contributed by atoms with E-state index in [1.807, 2.05) is 13.8 Å². The molecule has 9 heteroatoms. The standard InChI is InChI=1S/C21H39N3O6/c1-12(2)11-14(22-19(28)30-20(5,6)7)16(25)24-21(8,9)18(27)23-15(13(3)4)17(26)29-10/h12-15H,11H2,1-10H3,(H,22,28)(H,23,27)(H,24,25)/t14-,15-/m0/s1. The van der Waals surface area contributed by atoms with Crippen LogP contribution in [0.4, 0.5) is 4.79 Å². The van der Waals surface area contributed by atoms with Crippen molar-refractivity contribution in [1.82, 2.24) is 16.0 Å². The van der Waals surface area contributed by atoms with Crippen LogP contribution in [-0.4, -0.2) is 54.2 Å². The van der Waals surface area contributed by atoms with Crippen LogP contribution in [0.15, 0.2) is 0 Å². The van der Waals surface area contributed by atoms with Crippen LogP contribution < -0.4 is 16.0 Å². The first-order valence-electron chi connectivity index (χ1n) is 10.2. The third kappa shape index (κ3) is 9.93. The first-order valence-corrected chi connectivity index (χ1v) is 10.2. The fourth-order valence-electron chi connectivity index (χ4n) is 2.55. The fourth-order valence-corrected chi connectivity index (χ4v) is 2.55. The zero-order valence-corrected chi connectivity index (χ0v) is 20.0. The van der Waals surface area contributed by atoms with Gasteiger partial charge in [-0.2, -0.15) is 0 Å². The molecule has 0 bridgehead atoms. The van der Waals surface area contributed by atoms with E-state index in [0.29, 0.717) is 6.42 Å². The Morgan fingerprint density at radius 2 is 1.43 bits per heavy atom. The highest BCUT2D eigenvalue weighted by atomic mass is 16.6. The Balaban J connectivity index is 5.31. The monoisotopic (exact) mass is 429 g/mol. The molecule has 3 N–H and O–H groups in total. The molecule has 0 aromatic carbocycles. The number of methoxy groups -OCH3 is 1. The van der Waals surface area contributed by atoms with Gasteiger partial charge in [0.1, 0.15) is 23.2 Å². The molecule has 0 aromatic rings. The van der Waals surface area contributed by atoms with Crippen LogP contribution in [0.1, 0.15) is 68.7 Å². The highest BCUT2D eigenvalue weighted by molar-refractivity contribution is 5.95. The molecular formula is C21H39N3O6. The van der Waals surface area contributed by atoms with Crippen LogP contribution in [0.2, 0.25) is 0 Å². The summed E-state index contributed by atoms with van der Waals surface area (Å²) in [6, 6.07) is -1.72. The van der Waals surface area contributed by atoms with Crippen LogP contribution in [0.5, 0.6) is 0 Å². The fraction of sp³-hybridized carbons (Fsp3) is 0.810. The van der Waals surface area contributed by atoms with Gasteiger partial charge in [-0.1, -0.05) is 27.7 Å². The smallest absolute Gasteiger partial charge is 0.408 e. The van der Waals surface area contributed by atoms with Gasteiger partial charge in [0.25, 0.3) is 0 Å². The zero-order chi connectivity index (χ0) is 23.9. The number of hydrogen-bond donors (Lipinski definition) is 3. The van der Waals surface area contributed by atoms with Crippen molar-refractivity contribution in [3.63, 3.8) is 0 Å². The van der Waals surface area contributed by atoms with E-state index in [1.165, 1.54) is 21.0 Å². The summed E-state index contributed by atoms with van der Waals surface area (Å²) in [6.07, 6.45) is -0.351. The Morgan fingerprint density at radius 1 is 0.900 bits per heavy atom. The maximum Gasteiger partial charge on any atom is 0.408 e. The minimum absolute atomic E-state index is 0.109. The molecule has 0 heterocycles. The van der Waals surface area contributed by atoms with E-state index < -0.39 is 47.1 Å². The Morgan fingerprint density at radius 3 is 1.83 bits per heavy atom. The SMILES string of the molecule is COC(=O)[C@@H](NC(=O)C(C)(C)NC(=O)[C@H](CC(C)C)NC(=O)OC(C)(C)C)C(C)C. The van der Waals surface area contributed by atoms with Gasteiger partial charge >= 0.3 is 12.1 Å². The Hall–Kier alpha value is -2.32. The lowest BCUT2D eigenvalue weighted by Gasteiger charge is -2.31. The van der Waals surface area contributed by atoms with E-state index in [9.17, 15) is 19.2 Å². The Labute approximate surface area is 180 Å². The molecule has 0 radical (unpaired) electrons. The van der Waals surface area contributed by atoms with Crippen LogP contribution in [0, 0.1) is 11.8 Å². The third-order valence-corrected chi connectivity index (χ3v) is 4.13. The van der Waals surface area contributed by atoms with Gasteiger partial charge in [0.05, 0.1) is 7.11 Å². The zero-order valence-electron chi connectivity index (χ0n) is 20.0. The number of esters is 1. The van der Waals surface area contributed by atoms with Crippen molar-refractivity contribution in [2.45, 2.75) is 92.0 Å². The molecule has 30 heavy (non-hydrogen) atoms. The number of hydrogen-bond acceptors (Lipinski definition) is 6. The minimum Gasteiger partial charge on any atom is -0.467 e. The van der Waals surface area contributed by atoms with E-state index in [-0.39, 0.29) is 11.8 Å². The van der Waals surface area contributed by atoms with E-state index in [2.05, 4.69) is 16.0 Å². The number of rotatable bonds is 9. The summed E-state index contributed by atoms with van der Waals surface area (Å²) in [6.45, 7) is 15.6. The van der Waals surface area contributed by atoms with E-state index in [0.717, 1.165) is 0 Å². The molecule has 0 saturated carbocycles. The summed E-state index contributed by atoms with van der Waals surface area (Å²) in [5.41, 5.74) is -2.04. The summed E-state index contributed by atoms with van der Waals surface area (Å²) < 4.78 is 9.97. The molecule has 0 rings (SSSR count). The van der Waals surface area contributed by atoms with Crippen molar-refractivity contribution in [3.8, 4) is 0 Å². The van der Waals surface area contributed by atoms with E-state index >= 15 is 0 Å². The van der Waals surface area contributed by atoms with Gasteiger partial charge in [-0.3, -0.25) is 9.59 Å². The summed E-state index contributed by atoms with van der Waals surface area (Å²) in [5, 5.41) is 7.86. The summed E-state index contributed by atoms with van der Waals surface area (Å²) >= 11 is 0. The highest BCUT2D eigenvalue weighted by Gasteiger charge is 2.36. The number of nitrogens with one attached hydrogen (secondary N) is 3. The quantitative estimate of drug-likeness (QED) is 0.483. The van der Waals surface area contributed by atoms with Crippen molar-refractivity contribution < 1.29 is 28.7 Å². The molecule has 0 aliphatic heterocycles.